The van der Waals surface area contributed by atoms with Gasteiger partial charge in [-0.2, -0.15) is 0 Å². The Hall–Kier alpha value is -0.865. The summed E-state index contributed by atoms with van der Waals surface area (Å²) >= 11 is 0. The van der Waals surface area contributed by atoms with Gasteiger partial charge in [0.15, 0.2) is 0 Å². The Morgan fingerprint density at radius 3 is 2.50 bits per heavy atom. The zero-order valence-corrected chi connectivity index (χ0v) is 7.23. The number of pyridine rings is 1. The van der Waals surface area contributed by atoms with Crippen LogP contribution in [0.2, 0.25) is 0 Å². The fourth-order valence-electron chi connectivity index (χ4n) is 0.934. The van der Waals surface area contributed by atoms with Crippen molar-refractivity contribution in [1.29, 1.82) is 0 Å². The molecule has 64 valence electrons. The third kappa shape index (κ3) is 2.06. The molecule has 0 spiro atoms. The van der Waals surface area contributed by atoms with Crippen LogP contribution in [0.4, 0.5) is 0 Å². The third-order valence-corrected chi connectivity index (χ3v) is 1.65. The van der Waals surface area contributed by atoms with Crippen molar-refractivity contribution in [3.8, 4) is 0 Å². The van der Waals surface area contributed by atoms with E-state index in [1.807, 2.05) is 19.9 Å². The zero-order valence-electron chi connectivity index (χ0n) is 7.23. The second-order valence-corrected chi connectivity index (χ2v) is 3.02. The number of nitrogens with zero attached hydrogens (tertiary/aromatic N) is 1. The molecular formula is C8H12BNO2. The fourth-order valence-corrected chi connectivity index (χ4v) is 0.934. The van der Waals surface area contributed by atoms with Gasteiger partial charge in [0, 0.05) is 5.69 Å². The highest BCUT2D eigenvalue weighted by Gasteiger charge is 2.13. The first-order chi connectivity index (χ1) is 5.61. The molecule has 0 saturated carbocycles. The minimum absolute atomic E-state index is 0.307. The highest BCUT2D eigenvalue weighted by atomic mass is 16.4. The van der Waals surface area contributed by atoms with Crippen LogP contribution in [0.15, 0.2) is 18.2 Å². The smallest absolute Gasteiger partial charge is 0.422 e. The van der Waals surface area contributed by atoms with E-state index in [4.69, 9.17) is 10.0 Å². The van der Waals surface area contributed by atoms with Crippen LogP contribution in [-0.4, -0.2) is 22.2 Å². The molecule has 1 aromatic rings. The largest absolute Gasteiger partial charge is 0.508 e. The lowest BCUT2D eigenvalue weighted by Gasteiger charge is -2.05. The summed E-state index contributed by atoms with van der Waals surface area (Å²) in [6, 6.07) is 5.24. The molecule has 4 heteroatoms. The van der Waals surface area contributed by atoms with E-state index in [0.717, 1.165) is 5.69 Å². The highest BCUT2D eigenvalue weighted by Crippen LogP contribution is 2.08. The predicted octanol–water partition coefficient (Wildman–Crippen LogP) is -0.115. The van der Waals surface area contributed by atoms with E-state index in [1.165, 1.54) is 0 Å². The minimum atomic E-state index is -1.47. The van der Waals surface area contributed by atoms with E-state index in [0.29, 0.717) is 11.5 Å². The molecule has 0 fully saturated rings. The number of hydrogen-bond donors (Lipinski definition) is 2. The molecule has 0 aromatic carbocycles. The van der Waals surface area contributed by atoms with Crippen LogP contribution in [0.25, 0.3) is 0 Å². The van der Waals surface area contributed by atoms with Crippen LogP contribution < -0.4 is 5.59 Å². The van der Waals surface area contributed by atoms with Gasteiger partial charge in [-0.1, -0.05) is 19.9 Å². The topological polar surface area (TPSA) is 53.4 Å². The molecular weight excluding hydrogens is 153 g/mol. The fraction of sp³-hybridized carbons (Fsp3) is 0.375. The van der Waals surface area contributed by atoms with E-state index in [1.54, 1.807) is 12.1 Å². The van der Waals surface area contributed by atoms with E-state index < -0.39 is 7.12 Å². The summed E-state index contributed by atoms with van der Waals surface area (Å²) in [7, 11) is -1.47. The zero-order chi connectivity index (χ0) is 9.14. The maximum atomic E-state index is 8.82. The molecule has 0 radical (unpaired) electrons. The van der Waals surface area contributed by atoms with E-state index >= 15 is 0 Å². The molecule has 0 atom stereocenters. The van der Waals surface area contributed by atoms with Gasteiger partial charge in [0.25, 0.3) is 0 Å². The van der Waals surface area contributed by atoms with Gasteiger partial charge in [-0.05, 0) is 18.1 Å². The van der Waals surface area contributed by atoms with Crippen molar-refractivity contribution in [3.63, 3.8) is 0 Å². The Morgan fingerprint density at radius 2 is 2.00 bits per heavy atom. The summed E-state index contributed by atoms with van der Waals surface area (Å²) in [5, 5.41) is 17.6. The average Bonchev–Trinajstić information content (AvgIpc) is 2.04. The molecule has 2 N–H and O–H groups in total. The van der Waals surface area contributed by atoms with E-state index in [2.05, 4.69) is 4.98 Å². The highest BCUT2D eigenvalue weighted by molar-refractivity contribution is 6.57. The van der Waals surface area contributed by atoms with Gasteiger partial charge in [-0.15, -0.1) is 0 Å². The van der Waals surface area contributed by atoms with Gasteiger partial charge in [0.2, 0.25) is 0 Å². The van der Waals surface area contributed by atoms with Crippen LogP contribution in [0, 0.1) is 0 Å². The molecule has 0 amide bonds. The van der Waals surface area contributed by atoms with Crippen LogP contribution in [0.5, 0.6) is 0 Å². The van der Waals surface area contributed by atoms with Crippen molar-refractivity contribution in [2.24, 2.45) is 0 Å². The van der Waals surface area contributed by atoms with Gasteiger partial charge >= 0.3 is 7.12 Å². The molecule has 1 aromatic heterocycles. The molecule has 0 unspecified atom stereocenters. The van der Waals surface area contributed by atoms with Gasteiger partial charge < -0.3 is 10.0 Å². The Bertz CT molecular complexity index is 240. The molecule has 0 aliphatic heterocycles. The lowest BCUT2D eigenvalue weighted by molar-refractivity contribution is 0.424. The van der Waals surface area contributed by atoms with Crippen LogP contribution in [0.3, 0.4) is 0 Å². The van der Waals surface area contributed by atoms with Crippen molar-refractivity contribution in [2.75, 3.05) is 0 Å². The molecule has 1 heterocycles. The molecule has 0 saturated heterocycles. The summed E-state index contributed by atoms with van der Waals surface area (Å²) in [5.74, 6) is 0.309. The third-order valence-electron chi connectivity index (χ3n) is 1.65. The monoisotopic (exact) mass is 165 g/mol. The Morgan fingerprint density at radius 1 is 1.33 bits per heavy atom. The second-order valence-electron chi connectivity index (χ2n) is 3.02. The Balaban J connectivity index is 2.96. The molecule has 0 aliphatic rings. The van der Waals surface area contributed by atoms with Gasteiger partial charge in [-0.3, -0.25) is 4.98 Å². The summed E-state index contributed by atoms with van der Waals surface area (Å²) < 4.78 is 0. The number of aromatic nitrogens is 1. The average molecular weight is 165 g/mol. The summed E-state index contributed by atoms with van der Waals surface area (Å²) in [6.07, 6.45) is 0. The molecule has 0 bridgehead atoms. The van der Waals surface area contributed by atoms with Crippen molar-refractivity contribution >= 4 is 12.7 Å². The van der Waals surface area contributed by atoms with Gasteiger partial charge in [-0.25, -0.2) is 0 Å². The predicted molar refractivity (Wildman–Crippen MR) is 48.2 cm³/mol. The van der Waals surface area contributed by atoms with Gasteiger partial charge in [0.05, 0.1) is 5.59 Å². The van der Waals surface area contributed by atoms with Crippen LogP contribution in [-0.2, 0) is 0 Å². The normalized spacial score (nSPS) is 10.4. The molecule has 0 aliphatic carbocycles. The Kier molecular flexibility index (Phi) is 2.84. The summed E-state index contributed by atoms with van der Waals surface area (Å²) in [6.45, 7) is 4.02. The molecule has 3 nitrogen and oxygen atoms in total. The van der Waals surface area contributed by atoms with E-state index in [9.17, 15) is 0 Å². The summed E-state index contributed by atoms with van der Waals surface area (Å²) in [5.41, 5.74) is 1.18. The van der Waals surface area contributed by atoms with Crippen molar-refractivity contribution in [2.45, 2.75) is 19.8 Å². The second kappa shape index (κ2) is 3.69. The maximum Gasteiger partial charge on any atom is 0.508 e. The molecule has 12 heavy (non-hydrogen) atoms. The first-order valence-corrected chi connectivity index (χ1v) is 3.94. The van der Waals surface area contributed by atoms with Crippen LogP contribution >= 0.6 is 0 Å². The minimum Gasteiger partial charge on any atom is -0.422 e. The van der Waals surface area contributed by atoms with Crippen molar-refractivity contribution in [3.05, 3.63) is 23.9 Å². The van der Waals surface area contributed by atoms with Crippen molar-refractivity contribution in [1.82, 2.24) is 4.98 Å². The lowest BCUT2D eigenvalue weighted by Crippen LogP contribution is -2.33. The molecule has 1 rings (SSSR count). The van der Waals surface area contributed by atoms with Crippen LogP contribution in [0.1, 0.15) is 25.5 Å². The van der Waals surface area contributed by atoms with Crippen molar-refractivity contribution < 1.29 is 10.0 Å². The van der Waals surface area contributed by atoms with Gasteiger partial charge in [0.1, 0.15) is 0 Å². The summed E-state index contributed by atoms with van der Waals surface area (Å²) in [4.78, 5) is 4.07. The number of hydrogen-bond acceptors (Lipinski definition) is 3. The first-order valence-electron chi connectivity index (χ1n) is 3.94. The first kappa shape index (κ1) is 9.22. The standard InChI is InChI=1S/C8H12BNO2/c1-6(2)7-4-3-5-8(10-7)9(11)12/h3-6,11-12H,1-2H3. The lowest BCUT2D eigenvalue weighted by atomic mass is 9.85. The maximum absolute atomic E-state index is 8.82. The quantitative estimate of drug-likeness (QED) is 0.601. The number of rotatable bonds is 2. The Labute approximate surface area is 72.2 Å². The van der Waals surface area contributed by atoms with E-state index in [-0.39, 0.29) is 0 Å². The SMILES string of the molecule is CC(C)c1cccc(B(O)O)n1.